The molecule has 0 aliphatic rings. The average Bonchev–Trinajstić information content (AvgIpc) is 3.52. The summed E-state index contributed by atoms with van der Waals surface area (Å²) in [5.74, 6) is 0.506. The molecule has 3 nitrogen and oxygen atoms in total. The maximum Gasteiger partial charge on any atom is 0.416 e. The Morgan fingerprint density at radius 3 is 1.34 bits per heavy atom. The topological polar surface area (TPSA) is 30.7 Å². The van der Waals surface area contributed by atoms with Gasteiger partial charge in [0.15, 0.2) is 5.82 Å². The molecule has 0 atom stereocenters. The van der Waals surface area contributed by atoms with Crippen molar-refractivity contribution in [3.8, 4) is 61.8 Å². The van der Waals surface area contributed by atoms with Crippen LogP contribution in [0.25, 0.3) is 83.6 Å². The van der Waals surface area contributed by atoms with E-state index in [0.29, 0.717) is 11.4 Å². The summed E-state index contributed by atoms with van der Waals surface area (Å²) in [6.07, 6.45) is -4.47. The number of rotatable bonds is 6. The zero-order valence-electron chi connectivity index (χ0n) is 31.1. The van der Waals surface area contributed by atoms with E-state index < -0.39 is 11.7 Å². The fraction of sp³-hybridized carbons (Fsp3) is 0.0800. The van der Waals surface area contributed by atoms with Gasteiger partial charge in [-0.05, 0) is 86.5 Å². The van der Waals surface area contributed by atoms with E-state index >= 15 is 0 Å². The summed E-state index contributed by atoms with van der Waals surface area (Å²) in [6, 6.07) is 52.9. The first kappa shape index (κ1) is 34.9. The molecule has 9 aromatic rings. The van der Waals surface area contributed by atoms with Gasteiger partial charge in [0.2, 0.25) is 0 Å². The highest BCUT2D eigenvalue weighted by molar-refractivity contribution is 6.11. The van der Waals surface area contributed by atoms with Gasteiger partial charge in [0, 0.05) is 38.6 Å². The summed E-state index contributed by atoms with van der Waals surface area (Å²) >= 11 is 0. The first-order valence-electron chi connectivity index (χ1n) is 18.6. The van der Waals surface area contributed by atoms with Crippen LogP contribution in [-0.4, -0.2) is 14.5 Å². The molecule has 9 rings (SSSR count). The largest absolute Gasteiger partial charge is 0.416 e. The standard InChI is InChI=1S/C50H36F3N3/c1-31-14-18-34(19-15-31)40-28-38(49-54-44(36-10-6-4-7-11-36)30-45(55-49)37-12-8-5-9-13-37)29-41(35-20-22-39(23-21-35)50(51,52)53)48(40)56-46-24-16-32(2)26-42(46)43-27-33(3)17-25-47(43)56/h4-30H,1-3H3. The van der Waals surface area contributed by atoms with E-state index in [1.54, 1.807) is 12.1 Å². The van der Waals surface area contributed by atoms with E-state index in [9.17, 15) is 13.2 Å². The van der Waals surface area contributed by atoms with Crippen LogP contribution in [0.1, 0.15) is 22.3 Å². The maximum absolute atomic E-state index is 14.0. The van der Waals surface area contributed by atoms with Crippen molar-refractivity contribution in [1.29, 1.82) is 0 Å². The minimum absolute atomic E-state index is 0.506. The van der Waals surface area contributed by atoms with Crippen molar-refractivity contribution in [2.24, 2.45) is 0 Å². The Bertz CT molecular complexity index is 2780. The third-order valence-corrected chi connectivity index (χ3v) is 10.4. The number of aromatic nitrogens is 3. The highest BCUT2D eigenvalue weighted by Crippen LogP contribution is 2.45. The van der Waals surface area contributed by atoms with Crippen LogP contribution in [0.5, 0.6) is 0 Å². The second kappa shape index (κ2) is 13.8. The first-order valence-corrected chi connectivity index (χ1v) is 18.6. The zero-order valence-corrected chi connectivity index (χ0v) is 31.1. The summed E-state index contributed by atoms with van der Waals surface area (Å²) in [4.78, 5) is 10.3. The van der Waals surface area contributed by atoms with Crippen molar-refractivity contribution < 1.29 is 13.2 Å². The molecule has 0 spiro atoms. The van der Waals surface area contributed by atoms with Crippen LogP contribution in [0, 0.1) is 20.8 Å². The Kier molecular flexibility index (Phi) is 8.62. The van der Waals surface area contributed by atoms with Crippen molar-refractivity contribution in [2.75, 3.05) is 0 Å². The van der Waals surface area contributed by atoms with Crippen LogP contribution in [0.15, 0.2) is 164 Å². The molecule has 6 heteroatoms. The smallest absolute Gasteiger partial charge is 0.308 e. The monoisotopic (exact) mass is 735 g/mol. The summed E-state index contributed by atoms with van der Waals surface area (Å²) in [5, 5.41) is 2.21. The maximum atomic E-state index is 14.0. The number of halogens is 3. The van der Waals surface area contributed by atoms with Crippen LogP contribution >= 0.6 is 0 Å². The molecule has 0 aliphatic carbocycles. The number of aryl methyl sites for hydroxylation is 3. The summed E-state index contributed by atoms with van der Waals surface area (Å²) in [7, 11) is 0. The quantitative estimate of drug-likeness (QED) is 0.170. The van der Waals surface area contributed by atoms with Gasteiger partial charge in [-0.1, -0.05) is 126 Å². The van der Waals surface area contributed by atoms with E-state index in [-0.39, 0.29) is 0 Å². The Labute approximate surface area is 323 Å². The summed E-state index contributed by atoms with van der Waals surface area (Å²) in [6.45, 7) is 6.23. The molecule has 56 heavy (non-hydrogen) atoms. The molecule has 7 aromatic carbocycles. The number of alkyl halides is 3. The lowest BCUT2D eigenvalue weighted by Gasteiger charge is -2.21. The number of fused-ring (bicyclic) bond motifs is 3. The SMILES string of the molecule is Cc1ccc(-c2cc(-c3nc(-c4ccccc4)cc(-c4ccccc4)n3)cc(-c3ccc(C(F)(F)F)cc3)c2-n2c3ccc(C)cc3c3cc(C)ccc32)cc1. The highest BCUT2D eigenvalue weighted by atomic mass is 19.4. The van der Waals surface area contributed by atoms with Crippen molar-refractivity contribution in [3.05, 3.63) is 186 Å². The molecular formula is C50H36F3N3. The molecule has 0 saturated carbocycles. The van der Waals surface area contributed by atoms with Gasteiger partial charge >= 0.3 is 6.18 Å². The van der Waals surface area contributed by atoms with E-state index in [4.69, 9.17) is 9.97 Å². The lowest BCUT2D eigenvalue weighted by atomic mass is 9.91. The van der Waals surface area contributed by atoms with Crippen molar-refractivity contribution in [1.82, 2.24) is 14.5 Å². The predicted molar refractivity (Wildman–Crippen MR) is 223 cm³/mol. The molecule has 272 valence electrons. The molecule has 0 saturated heterocycles. The van der Waals surface area contributed by atoms with E-state index in [0.717, 1.165) is 101 Å². The third kappa shape index (κ3) is 6.43. The average molecular weight is 736 g/mol. The van der Waals surface area contributed by atoms with Crippen molar-refractivity contribution in [2.45, 2.75) is 26.9 Å². The molecule has 0 radical (unpaired) electrons. The first-order chi connectivity index (χ1) is 27.1. The zero-order chi connectivity index (χ0) is 38.6. The van der Waals surface area contributed by atoms with E-state index in [2.05, 4.69) is 92.1 Å². The van der Waals surface area contributed by atoms with Crippen LogP contribution < -0.4 is 0 Å². The molecule has 0 N–H and O–H groups in total. The van der Waals surface area contributed by atoms with Gasteiger partial charge in [0.05, 0.1) is 33.7 Å². The van der Waals surface area contributed by atoms with Gasteiger partial charge in [-0.3, -0.25) is 0 Å². The molecule has 0 bridgehead atoms. The minimum Gasteiger partial charge on any atom is -0.308 e. The number of nitrogens with zero attached hydrogens (tertiary/aromatic N) is 3. The molecule has 0 amide bonds. The predicted octanol–water partition coefficient (Wildman–Crippen LogP) is 13.9. The lowest BCUT2D eigenvalue weighted by molar-refractivity contribution is -0.137. The molecular weight excluding hydrogens is 700 g/mol. The number of benzene rings is 7. The van der Waals surface area contributed by atoms with Crippen LogP contribution in [0.4, 0.5) is 13.2 Å². The van der Waals surface area contributed by atoms with Gasteiger partial charge in [-0.25, -0.2) is 9.97 Å². The molecule has 2 aromatic heterocycles. The Balaban J connectivity index is 1.41. The van der Waals surface area contributed by atoms with Crippen LogP contribution in [0.2, 0.25) is 0 Å². The molecule has 0 aliphatic heterocycles. The number of hydrogen-bond acceptors (Lipinski definition) is 2. The van der Waals surface area contributed by atoms with E-state index in [1.165, 1.54) is 0 Å². The highest BCUT2D eigenvalue weighted by Gasteiger charge is 2.30. The van der Waals surface area contributed by atoms with Crippen molar-refractivity contribution in [3.63, 3.8) is 0 Å². The fourth-order valence-corrected chi connectivity index (χ4v) is 7.60. The Morgan fingerprint density at radius 1 is 0.429 bits per heavy atom. The Hall–Kier alpha value is -6.79. The molecule has 0 fully saturated rings. The molecule has 0 unspecified atom stereocenters. The second-order valence-corrected chi connectivity index (χ2v) is 14.4. The molecule has 2 heterocycles. The van der Waals surface area contributed by atoms with Crippen LogP contribution in [-0.2, 0) is 6.18 Å². The summed E-state index contributed by atoms with van der Waals surface area (Å²) < 4.78 is 44.2. The minimum atomic E-state index is -4.47. The van der Waals surface area contributed by atoms with Gasteiger partial charge < -0.3 is 4.57 Å². The van der Waals surface area contributed by atoms with Gasteiger partial charge in [-0.15, -0.1) is 0 Å². The number of hydrogen-bond donors (Lipinski definition) is 0. The van der Waals surface area contributed by atoms with Gasteiger partial charge in [0.25, 0.3) is 0 Å². The summed E-state index contributed by atoms with van der Waals surface area (Å²) in [5.41, 5.74) is 12.9. The third-order valence-electron chi connectivity index (χ3n) is 10.4. The Morgan fingerprint density at radius 2 is 0.875 bits per heavy atom. The lowest BCUT2D eigenvalue weighted by Crippen LogP contribution is -2.05. The fourth-order valence-electron chi connectivity index (χ4n) is 7.60. The van der Waals surface area contributed by atoms with E-state index in [1.807, 2.05) is 72.8 Å². The van der Waals surface area contributed by atoms with Gasteiger partial charge in [0.1, 0.15) is 0 Å². The van der Waals surface area contributed by atoms with Crippen molar-refractivity contribution >= 4 is 21.8 Å². The normalized spacial score (nSPS) is 11.8. The second-order valence-electron chi connectivity index (χ2n) is 14.4. The van der Waals surface area contributed by atoms with Crippen LogP contribution in [0.3, 0.4) is 0 Å². The van der Waals surface area contributed by atoms with Gasteiger partial charge in [-0.2, -0.15) is 13.2 Å².